The third-order valence-corrected chi connectivity index (χ3v) is 3.30. The fraction of sp³-hybridized carbons (Fsp3) is 1.00. The maximum absolute atomic E-state index is 11.1. The number of nitrogens with one attached hydrogen (secondary N) is 1. The fourth-order valence-corrected chi connectivity index (χ4v) is 1.95. The van der Waals surface area contributed by atoms with Crippen LogP contribution in [0.5, 0.6) is 0 Å². The molecular formula is C7H17ClN2O2S. The van der Waals surface area contributed by atoms with Crippen molar-refractivity contribution in [1.82, 2.24) is 9.84 Å². The quantitative estimate of drug-likeness (QED) is 0.776. The predicted molar refractivity (Wildman–Crippen MR) is 55.3 cm³/mol. The highest BCUT2D eigenvalue weighted by molar-refractivity contribution is 7.89. The first-order valence-corrected chi connectivity index (χ1v) is 6.04. The van der Waals surface area contributed by atoms with E-state index in [1.807, 2.05) is 0 Å². The van der Waals surface area contributed by atoms with Gasteiger partial charge in [-0.3, -0.25) is 0 Å². The van der Waals surface area contributed by atoms with Gasteiger partial charge < -0.3 is 0 Å². The smallest absolute Gasteiger partial charge is 0.224 e. The van der Waals surface area contributed by atoms with E-state index < -0.39 is 10.0 Å². The molecule has 0 atom stereocenters. The van der Waals surface area contributed by atoms with Gasteiger partial charge in [0.2, 0.25) is 10.0 Å². The lowest BCUT2D eigenvalue weighted by molar-refractivity contribution is 0.200. The molecule has 1 heterocycles. The zero-order valence-corrected chi connectivity index (χ0v) is 9.46. The van der Waals surface area contributed by atoms with Gasteiger partial charge in [0.05, 0.1) is 5.75 Å². The Hall–Kier alpha value is 0.160. The van der Waals surface area contributed by atoms with Crippen molar-refractivity contribution in [2.75, 3.05) is 18.8 Å². The van der Waals surface area contributed by atoms with Gasteiger partial charge >= 0.3 is 0 Å². The predicted octanol–water partition coefficient (Wildman–Crippen LogP) is 0.748. The van der Waals surface area contributed by atoms with E-state index in [0.717, 1.165) is 25.9 Å². The minimum atomic E-state index is -3.04. The Labute approximate surface area is 86.1 Å². The van der Waals surface area contributed by atoms with Gasteiger partial charge in [-0.1, -0.05) is 6.42 Å². The van der Waals surface area contributed by atoms with Crippen molar-refractivity contribution in [2.45, 2.75) is 26.2 Å². The van der Waals surface area contributed by atoms with Crippen LogP contribution >= 0.6 is 12.4 Å². The molecule has 1 N–H and O–H groups in total. The highest BCUT2D eigenvalue weighted by Crippen LogP contribution is 2.06. The minimum Gasteiger partial charge on any atom is -0.231 e. The molecule has 1 aliphatic rings. The van der Waals surface area contributed by atoms with E-state index in [-0.39, 0.29) is 18.2 Å². The summed E-state index contributed by atoms with van der Waals surface area (Å²) in [6.45, 7) is 3.34. The molecular weight excluding hydrogens is 212 g/mol. The molecule has 1 fully saturated rings. The molecule has 0 radical (unpaired) electrons. The molecule has 0 saturated carbocycles. The number of hydrogen-bond donors (Lipinski definition) is 1. The van der Waals surface area contributed by atoms with Gasteiger partial charge in [-0.2, -0.15) is 0 Å². The van der Waals surface area contributed by atoms with Gasteiger partial charge in [0, 0.05) is 13.1 Å². The van der Waals surface area contributed by atoms with Crippen molar-refractivity contribution >= 4 is 22.4 Å². The molecule has 1 saturated heterocycles. The van der Waals surface area contributed by atoms with Crippen LogP contribution in [-0.2, 0) is 10.0 Å². The molecule has 0 spiro atoms. The lowest BCUT2D eigenvalue weighted by Gasteiger charge is -2.26. The zero-order chi connectivity index (χ0) is 9.03. The highest BCUT2D eigenvalue weighted by atomic mass is 35.5. The fourth-order valence-electron chi connectivity index (χ4n) is 1.25. The number of hydrogen-bond acceptors (Lipinski definition) is 3. The molecule has 4 nitrogen and oxygen atoms in total. The van der Waals surface area contributed by atoms with E-state index in [1.54, 1.807) is 11.9 Å². The van der Waals surface area contributed by atoms with Crippen molar-refractivity contribution in [1.29, 1.82) is 0 Å². The van der Waals surface area contributed by atoms with Crippen LogP contribution in [0.15, 0.2) is 0 Å². The Morgan fingerprint density at radius 3 is 2.23 bits per heavy atom. The Bertz CT molecular complexity index is 225. The lowest BCUT2D eigenvalue weighted by atomic mass is 10.2. The summed E-state index contributed by atoms with van der Waals surface area (Å²) in [6, 6.07) is 0. The lowest BCUT2D eigenvalue weighted by Crippen LogP contribution is -2.45. The molecule has 13 heavy (non-hydrogen) atoms. The van der Waals surface area contributed by atoms with Crippen LogP contribution in [0, 0.1) is 0 Å². The van der Waals surface area contributed by atoms with Crippen molar-refractivity contribution in [3.63, 3.8) is 0 Å². The molecule has 0 bridgehead atoms. The van der Waals surface area contributed by atoms with Crippen molar-refractivity contribution in [3.05, 3.63) is 0 Å². The normalized spacial score (nSPS) is 19.5. The first kappa shape index (κ1) is 13.2. The topological polar surface area (TPSA) is 49.4 Å². The SMILES string of the molecule is CCS(=O)(=O)NN1CCCCC1.Cl. The number of rotatable bonds is 3. The molecule has 1 aliphatic heterocycles. The van der Waals surface area contributed by atoms with E-state index in [1.165, 1.54) is 6.42 Å². The van der Waals surface area contributed by atoms with E-state index in [4.69, 9.17) is 0 Å². The minimum absolute atomic E-state index is 0. The van der Waals surface area contributed by atoms with Gasteiger partial charge in [0.15, 0.2) is 0 Å². The molecule has 0 amide bonds. The van der Waals surface area contributed by atoms with Gasteiger partial charge in [-0.15, -0.1) is 17.2 Å². The second-order valence-corrected chi connectivity index (χ2v) is 5.03. The molecule has 0 aromatic heterocycles. The van der Waals surface area contributed by atoms with E-state index in [2.05, 4.69) is 4.83 Å². The molecule has 0 aromatic carbocycles. The van der Waals surface area contributed by atoms with Gasteiger partial charge in [-0.25, -0.2) is 13.4 Å². The molecule has 1 rings (SSSR count). The van der Waals surface area contributed by atoms with Crippen LogP contribution in [0.4, 0.5) is 0 Å². The number of piperidine rings is 1. The van der Waals surface area contributed by atoms with E-state index >= 15 is 0 Å². The summed E-state index contributed by atoms with van der Waals surface area (Å²) in [5.41, 5.74) is 0. The molecule has 80 valence electrons. The Kier molecular flexibility index (Phi) is 5.87. The van der Waals surface area contributed by atoms with Gasteiger partial charge in [-0.05, 0) is 19.8 Å². The number of nitrogens with zero attached hydrogens (tertiary/aromatic N) is 1. The van der Waals surface area contributed by atoms with Crippen LogP contribution in [0.3, 0.4) is 0 Å². The van der Waals surface area contributed by atoms with Crippen molar-refractivity contribution in [2.24, 2.45) is 0 Å². The third kappa shape index (κ3) is 4.81. The average Bonchev–Trinajstić information content (AvgIpc) is 2.06. The second-order valence-electron chi connectivity index (χ2n) is 3.04. The van der Waals surface area contributed by atoms with Crippen molar-refractivity contribution < 1.29 is 8.42 Å². The zero-order valence-electron chi connectivity index (χ0n) is 7.82. The van der Waals surface area contributed by atoms with Crippen molar-refractivity contribution in [3.8, 4) is 0 Å². The summed E-state index contributed by atoms with van der Waals surface area (Å²) in [5.74, 6) is 0.156. The summed E-state index contributed by atoms with van der Waals surface area (Å²) in [7, 11) is -3.04. The van der Waals surface area contributed by atoms with Crippen LogP contribution in [0.25, 0.3) is 0 Å². The summed E-state index contributed by atoms with van der Waals surface area (Å²) in [6.07, 6.45) is 3.39. The maximum atomic E-state index is 11.1. The molecule has 6 heteroatoms. The number of hydrazine groups is 1. The molecule has 0 unspecified atom stereocenters. The second kappa shape index (κ2) is 5.80. The summed E-state index contributed by atoms with van der Waals surface area (Å²) in [5, 5.41) is 1.79. The van der Waals surface area contributed by atoms with Gasteiger partial charge in [0.25, 0.3) is 0 Å². The first-order chi connectivity index (χ1) is 5.64. The summed E-state index contributed by atoms with van der Waals surface area (Å²) in [4.78, 5) is 2.55. The number of halogens is 1. The Morgan fingerprint density at radius 2 is 1.77 bits per heavy atom. The van der Waals surface area contributed by atoms with Gasteiger partial charge in [0.1, 0.15) is 0 Å². The molecule has 0 aromatic rings. The van der Waals surface area contributed by atoms with E-state index in [0.29, 0.717) is 0 Å². The third-order valence-electron chi connectivity index (χ3n) is 2.00. The van der Waals surface area contributed by atoms with Crippen LogP contribution < -0.4 is 4.83 Å². The van der Waals surface area contributed by atoms with Crippen LogP contribution in [0.2, 0.25) is 0 Å². The standard InChI is InChI=1S/C7H16N2O2S.ClH/c1-2-12(10,11)8-9-6-4-3-5-7-9;/h8H,2-7H2,1H3;1H. The Balaban J connectivity index is 0.00000144. The Morgan fingerprint density at radius 1 is 1.23 bits per heavy atom. The first-order valence-electron chi connectivity index (χ1n) is 4.39. The monoisotopic (exact) mass is 228 g/mol. The maximum Gasteiger partial charge on any atom is 0.224 e. The van der Waals surface area contributed by atoms with Crippen LogP contribution in [0.1, 0.15) is 26.2 Å². The average molecular weight is 229 g/mol. The van der Waals surface area contributed by atoms with E-state index in [9.17, 15) is 8.42 Å². The largest absolute Gasteiger partial charge is 0.231 e. The van der Waals surface area contributed by atoms with Crippen LogP contribution in [-0.4, -0.2) is 32.3 Å². The summed E-state index contributed by atoms with van der Waals surface area (Å²) < 4.78 is 22.2. The number of sulfonamides is 1. The molecule has 0 aliphatic carbocycles. The summed E-state index contributed by atoms with van der Waals surface area (Å²) >= 11 is 0. The highest BCUT2D eigenvalue weighted by Gasteiger charge is 2.15.